The third-order valence-electron chi connectivity index (χ3n) is 3.24. The zero-order valence-electron chi connectivity index (χ0n) is 11.7. The van der Waals surface area contributed by atoms with E-state index < -0.39 is 5.97 Å². The van der Waals surface area contributed by atoms with Gasteiger partial charge in [-0.15, -0.1) is 0 Å². The number of hydrogen-bond donors (Lipinski definition) is 1. The lowest BCUT2D eigenvalue weighted by Gasteiger charge is -2.10. The van der Waals surface area contributed by atoms with Gasteiger partial charge in [-0.3, -0.25) is 0 Å². The molecular formula is C18H18O2. The summed E-state index contributed by atoms with van der Waals surface area (Å²) < 4.78 is 0. The largest absolute Gasteiger partial charge is 0.478 e. The number of carboxylic acids is 1. The number of hydrogen-bond acceptors (Lipinski definition) is 1. The highest BCUT2D eigenvalue weighted by atomic mass is 16.4. The molecule has 0 atom stereocenters. The molecule has 0 aliphatic carbocycles. The smallest absolute Gasteiger partial charge is 0.328 e. The molecule has 0 amide bonds. The summed E-state index contributed by atoms with van der Waals surface area (Å²) in [5, 5.41) is 9.07. The van der Waals surface area contributed by atoms with E-state index >= 15 is 0 Å². The minimum absolute atomic E-state index is 0.465. The van der Waals surface area contributed by atoms with Crippen LogP contribution in [0.2, 0.25) is 0 Å². The van der Waals surface area contributed by atoms with Gasteiger partial charge in [0.1, 0.15) is 0 Å². The molecule has 0 saturated heterocycles. The van der Waals surface area contributed by atoms with Crippen LogP contribution in [-0.4, -0.2) is 11.1 Å². The van der Waals surface area contributed by atoms with Crippen molar-refractivity contribution < 1.29 is 9.90 Å². The molecule has 2 aromatic rings. The van der Waals surface area contributed by atoms with Gasteiger partial charge in [0, 0.05) is 6.08 Å². The average Bonchev–Trinajstić information content (AvgIpc) is 2.45. The Balaban J connectivity index is 2.45. The Morgan fingerprint density at radius 1 is 0.950 bits per heavy atom. The van der Waals surface area contributed by atoms with Crippen molar-refractivity contribution in [3.63, 3.8) is 0 Å². The number of carboxylic acid groups (broad SMARTS) is 1. The summed E-state index contributed by atoms with van der Waals surface area (Å²) in [5.74, 6) is -0.468. The first-order valence-electron chi connectivity index (χ1n) is 6.68. The van der Waals surface area contributed by atoms with Crippen LogP contribution in [0.25, 0.3) is 5.57 Å². The van der Waals surface area contributed by atoms with Crippen LogP contribution in [0.1, 0.15) is 36.5 Å². The fourth-order valence-electron chi connectivity index (χ4n) is 2.12. The Bertz CT molecular complexity index is 608. The van der Waals surface area contributed by atoms with E-state index in [1.807, 2.05) is 42.5 Å². The van der Waals surface area contributed by atoms with Crippen LogP contribution in [0, 0.1) is 0 Å². The summed E-state index contributed by atoms with van der Waals surface area (Å²) in [4.78, 5) is 11.1. The predicted octanol–water partition coefficient (Wildman–Crippen LogP) is 4.33. The zero-order valence-corrected chi connectivity index (χ0v) is 11.7. The predicted molar refractivity (Wildman–Crippen MR) is 81.7 cm³/mol. The van der Waals surface area contributed by atoms with E-state index in [2.05, 4.69) is 26.0 Å². The lowest BCUT2D eigenvalue weighted by molar-refractivity contribution is -0.131. The summed E-state index contributed by atoms with van der Waals surface area (Å²) in [6, 6.07) is 17.7. The van der Waals surface area contributed by atoms with Gasteiger partial charge in [-0.2, -0.15) is 0 Å². The van der Waals surface area contributed by atoms with Gasteiger partial charge in [-0.05, 0) is 28.2 Å². The van der Waals surface area contributed by atoms with E-state index in [4.69, 9.17) is 5.11 Å². The molecule has 0 aromatic heterocycles. The Morgan fingerprint density at radius 3 is 2.00 bits per heavy atom. The number of benzene rings is 2. The molecule has 0 radical (unpaired) electrons. The highest BCUT2D eigenvalue weighted by molar-refractivity contribution is 5.95. The molecule has 0 aliphatic rings. The van der Waals surface area contributed by atoms with Gasteiger partial charge in [0.25, 0.3) is 0 Å². The minimum atomic E-state index is -0.934. The molecule has 0 bridgehead atoms. The van der Waals surface area contributed by atoms with Crippen molar-refractivity contribution >= 4 is 11.5 Å². The van der Waals surface area contributed by atoms with Crippen LogP contribution in [0.4, 0.5) is 0 Å². The Hall–Kier alpha value is -2.35. The maximum atomic E-state index is 11.1. The van der Waals surface area contributed by atoms with E-state index in [1.54, 1.807) is 0 Å². The maximum absolute atomic E-state index is 11.1. The second-order valence-corrected chi connectivity index (χ2v) is 5.04. The fourth-order valence-corrected chi connectivity index (χ4v) is 2.12. The van der Waals surface area contributed by atoms with Crippen molar-refractivity contribution in [1.82, 2.24) is 0 Å². The standard InChI is InChI=1S/C18H18O2/c1-13(2)14-8-10-16(11-9-14)17(12-18(19)20)15-6-4-3-5-7-15/h3-13H,1-2H3,(H,19,20)/b17-12+. The molecule has 2 rings (SSSR count). The van der Waals surface area contributed by atoms with Gasteiger partial charge in [0.15, 0.2) is 0 Å². The highest BCUT2D eigenvalue weighted by Crippen LogP contribution is 2.25. The van der Waals surface area contributed by atoms with Gasteiger partial charge in [-0.25, -0.2) is 4.79 Å². The van der Waals surface area contributed by atoms with E-state index in [1.165, 1.54) is 11.6 Å². The normalized spacial score (nSPS) is 11.7. The first-order valence-corrected chi connectivity index (χ1v) is 6.68. The van der Waals surface area contributed by atoms with Crippen molar-refractivity contribution in [1.29, 1.82) is 0 Å². The Kier molecular flexibility index (Phi) is 4.36. The van der Waals surface area contributed by atoms with Crippen LogP contribution in [0.15, 0.2) is 60.7 Å². The third-order valence-corrected chi connectivity index (χ3v) is 3.24. The van der Waals surface area contributed by atoms with Gasteiger partial charge >= 0.3 is 5.97 Å². The second kappa shape index (κ2) is 6.20. The lowest BCUT2D eigenvalue weighted by Crippen LogP contribution is -1.95. The molecule has 2 nitrogen and oxygen atoms in total. The molecule has 102 valence electrons. The van der Waals surface area contributed by atoms with Crippen LogP contribution < -0.4 is 0 Å². The van der Waals surface area contributed by atoms with Gasteiger partial charge < -0.3 is 5.11 Å². The van der Waals surface area contributed by atoms with Crippen LogP contribution in [0.5, 0.6) is 0 Å². The topological polar surface area (TPSA) is 37.3 Å². The zero-order chi connectivity index (χ0) is 14.5. The SMILES string of the molecule is CC(C)c1ccc(/C(=C/C(=O)O)c2ccccc2)cc1. The first-order chi connectivity index (χ1) is 9.58. The van der Waals surface area contributed by atoms with Gasteiger partial charge in [0.2, 0.25) is 0 Å². The Morgan fingerprint density at radius 2 is 1.50 bits per heavy atom. The van der Waals surface area contributed by atoms with Crippen LogP contribution in [0.3, 0.4) is 0 Å². The summed E-state index contributed by atoms with van der Waals surface area (Å²) in [5.41, 5.74) is 3.81. The van der Waals surface area contributed by atoms with Crippen molar-refractivity contribution in [2.45, 2.75) is 19.8 Å². The number of carbonyl (C=O) groups is 1. The molecule has 0 aliphatic heterocycles. The van der Waals surface area contributed by atoms with Gasteiger partial charge in [-0.1, -0.05) is 68.4 Å². The maximum Gasteiger partial charge on any atom is 0.328 e. The summed E-state index contributed by atoms with van der Waals surface area (Å²) >= 11 is 0. The molecule has 0 fully saturated rings. The number of aliphatic carboxylic acids is 1. The lowest BCUT2D eigenvalue weighted by atomic mass is 9.94. The van der Waals surface area contributed by atoms with Crippen LogP contribution >= 0.6 is 0 Å². The van der Waals surface area contributed by atoms with E-state index in [0.29, 0.717) is 5.92 Å². The molecule has 0 saturated carbocycles. The fraction of sp³-hybridized carbons (Fsp3) is 0.167. The van der Waals surface area contributed by atoms with E-state index in [9.17, 15) is 4.79 Å². The summed E-state index contributed by atoms with van der Waals surface area (Å²) in [7, 11) is 0. The summed E-state index contributed by atoms with van der Waals surface area (Å²) in [6.45, 7) is 4.28. The van der Waals surface area contributed by atoms with E-state index in [0.717, 1.165) is 16.7 Å². The summed E-state index contributed by atoms with van der Waals surface area (Å²) in [6.07, 6.45) is 1.26. The molecule has 1 N–H and O–H groups in total. The monoisotopic (exact) mass is 266 g/mol. The van der Waals surface area contributed by atoms with Crippen LogP contribution in [-0.2, 0) is 4.79 Å². The highest BCUT2D eigenvalue weighted by Gasteiger charge is 2.08. The molecule has 2 heteroatoms. The molecule has 20 heavy (non-hydrogen) atoms. The molecular weight excluding hydrogens is 248 g/mol. The Labute approximate surface area is 119 Å². The van der Waals surface area contributed by atoms with Gasteiger partial charge in [0.05, 0.1) is 0 Å². The molecule has 2 aromatic carbocycles. The molecule has 0 heterocycles. The quantitative estimate of drug-likeness (QED) is 0.836. The number of rotatable bonds is 4. The first kappa shape index (κ1) is 14.1. The molecule has 0 unspecified atom stereocenters. The van der Waals surface area contributed by atoms with E-state index in [-0.39, 0.29) is 0 Å². The van der Waals surface area contributed by atoms with Crippen molar-refractivity contribution in [2.24, 2.45) is 0 Å². The second-order valence-electron chi connectivity index (χ2n) is 5.04. The van der Waals surface area contributed by atoms with Crippen molar-refractivity contribution in [3.05, 3.63) is 77.4 Å². The van der Waals surface area contributed by atoms with Crippen molar-refractivity contribution in [2.75, 3.05) is 0 Å². The average molecular weight is 266 g/mol. The third kappa shape index (κ3) is 3.35. The van der Waals surface area contributed by atoms with Crippen molar-refractivity contribution in [3.8, 4) is 0 Å². The molecule has 0 spiro atoms. The minimum Gasteiger partial charge on any atom is -0.478 e.